The highest BCUT2D eigenvalue weighted by molar-refractivity contribution is 7.98. The number of esters is 1. The SMILES string of the molecule is CO/N=C(/C(=O)OC)c1ccccc1CSc1nc2nc(C)cc(C)n2n1. The first-order valence-electron chi connectivity index (χ1n) is 8.15. The number of fused-ring (bicyclic) bond motifs is 1. The number of oxime groups is 1. The smallest absolute Gasteiger partial charge is 0.360 e. The largest absolute Gasteiger partial charge is 0.464 e. The number of benzene rings is 1. The second-order valence-electron chi connectivity index (χ2n) is 5.70. The van der Waals surface area contributed by atoms with Crippen molar-refractivity contribution in [1.82, 2.24) is 19.6 Å². The molecule has 0 fully saturated rings. The van der Waals surface area contributed by atoms with Crippen molar-refractivity contribution in [1.29, 1.82) is 0 Å². The third kappa shape index (κ3) is 4.08. The Kier molecular flexibility index (Phi) is 5.70. The summed E-state index contributed by atoms with van der Waals surface area (Å²) >= 11 is 1.45. The summed E-state index contributed by atoms with van der Waals surface area (Å²) in [5.41, 5.74) is 3.52. The molecule has 0 unspecified atom stereocenters. The van der Waals surface area contributed by atoms with E-state index in [0.29, 0.717) is 22.3 Å². The van der Waals surface area contributed by atoms with Crippen LogP contribution >= 0.6 is 11.8 Å². The normalized spacial score (nSPS) is 11.6. The number of hydrogen-bond acceptors (Lipinski definition) is 8. The molecular formula is C18H19N5O3S. The van der Waals surface area contributed by atoms with Crippen molar-refractivity contribution in [3.05, 3.63) is 52.8 Å². The van der Waals surface area contributed by atoms with Gasteiger partial charge < -0.3 is 9.57 Å². The van der Waals surface area contributed by atoms with Crippen LogP contribution in [0.1, 0.15) is 22.5 Å². The number of aromatic nitrogens is 4. The molecule has 140 valence electrons. The Labute approximate surface area is 160 Å². The number of hydrogen-bond donors (Lipinski definition) is 0. The van der Waals surface area contributed by atoms with Gasteiger partial charge in [0.2, 0.25) is 5.16 Å². The van der Waals surface area contributed by atoms with Crippen LogP contribution in [0.25, 0.3) is 5.78 Å². The lowest BCUT2D eigenvalue weighted by Crippen LogP contribution is -2.19. The summed E-state index contributed by atoms with van der Waals surface area (Å²) < 4.78 is 6.52. The first-order chi connectivity index (χ1) is 13.0. The second kappa shape index (κ2) is 8.17. The van der Waals surface area contributed by atoms with E-state index < -0.39 is 5.97 Å². The Morgan fingerprint density at radius 2 is 2.00 bits per heavy atom. The van der Waals surface area contributed by atoms with Gasteiger partial charge in [-0.3, -0.25) is 0 Å². The number of carbonyl (C=O) groups is 1. The van der Waals surface area contributed by atoms with Gasteiger partial charge >= 0.3 is 5.97 Å². The van der Waals surface area contributed by atoms with E-state index in [0.717, 1.165) is 17.0 Å². The lowest BCUT2D eigenvalue weighted by Gasteiger charge is -2.09. The molecule has 3 aromatic rings. The monoisotopic (exact) mass is 385 g/mol. The molecule has 2 aromatic heterocycles. The van der Waals surface area contributed by atoms with Gasteiger partial charge in [0.05, 0.1) is 7.11 Å². The molecule has 27 heavy (non-hydrogen) atoms. The summed E-state index contributed by atoms with van der Waals surface area (Å²) in [5, 5.41) is 8.92. The number of methoxy groups -OCH3 is 1. The van der Waals surface area contributed by atoms with Crippen LogP contribution in [0.15, 0.2) is 40.6 Å². The van der Waals surface area contributed by atoms with Crippen molar-refractivity contribution in [3.8, 4) is 0 Å². The fourth-order valence-corrected chi connectivity index (χ4v) is 3.43. The summed E-state index contributed by atoms with van der Waals surface area (Å²) in [5.74, 6) is 0.556. The standard InChI is InChI=1S/C18H19N5O3S/c1-11-9-12(2)23-17(19-11)20-18(21-23)27-10-13-7-5-6-8-14(13)15(22-26-4)16(24)25-3/h5-9H,10H2,1-4H3/b22-15+. The maximum atomic E-state index is 12.0. The average Bonchev–Trinajstić information content (AvgIpc) is 3.07. The molecule has 0 radical (unpaired) electrons. The summed E-state index contributed by atoms with van der Waals surface area (Å²) in [4.78, 5) is 25.7. The van der Waals surface area contributed by atoms with Crippen LogP contribution < -0.4 is 0 Å². The zero-order valence-electron chi connectivity index (χ0n) is 15.5. The molecule has 1 aromatic carbocycles. The Morgan fingerprint density at radius 1 is 1.22 bits per heavy atom. The minimum Gasteiger partial charge on any atom is -0.464 e. The quantitative estimate of drug-likeness (QED) is 0.279. The first-order valence-corrected chi connectivity index (χ1v) is 9.13. The van der Waals surface area contributed by atoms with E-state index in [9.17, 15) is 4.79 Å². The molecule has 0 spiro atoms. The Morgan fingerprint density at radius 3 is 2.74 bits per heavy atom. The van der Waals surface area contributed by atoms with Crippen LogP contribution in [0.5, 0.6) is 0 Å². The minimum absolute atomic E-state index is 0.118. The first kappa shape index (κ1) is 18.8. The highest BCUT2D eigenvalue weighted by Crippen LogP contribution is 2.23. The van der Waals surface area contributed by atoms with Gasteiger partial charge in [-0.2, -0.15) is 4.98 Å². The van der Waals surface area contributed by atoms with Crippen LogP contribution in [0.3, 0.4) is 0 Å². The molecule has 8 nitrogen and oxygen atoms in total. The van der Waals surface area contributed by atoms with E-state index in [1.54, 1.807) is 10.6 Å². The topological polar surface area (TPSA) is 91.0 Å². The molecule has 0 amide bonds. The highest BCUT2D eigenvalue weighted by Gasteiger charge is 2.19. The van der Waals surface area contributed by atoms with Gasteiger partial charge in [-0.1, -0.05) is 41.2 Å². The van der Waals surface area contributed by atoms with Crippen LogP contribution in [0, 0.1) is 13.8 Å². The third-order valence-electron chi connectivity index (χ3n) is 3.79. The molecule has 0 N–H and O–H groups in total. The van der Waals surface area contributed by atoms with Crippen LogP contribution in [0.2, 0.25) is 0 Å². The Hall–Kier alpha value is -2.94. The zero-order chi connectivity index (χ0) is 19.4. The predicted octanol–water partition coefficient (Wildman–Crippen LogP) is 2.56. The van der Waals surface area contributed by atoms with Gasteiger partial charge in [-0.15, -0.1) is 5.10 Å². The van der Waals surface area contributed by atoms with Gasteiger partial charge in [0.15, 0.2) is 5.71 Å². The van der Waals surface area contributed by atoms with Gasteiger partial charge in [0, 0.05) is 22.7 Å². The molecule has 9 heteroatoms. The van der Waals surface area contributed by atoms with E-state index in [1.165, 1.54) is 26.0 Å². The lowest BCUT2D eigenvalue weighted by atomic mass is 10.0. The summed E-state index contributed by atoms with van der Waals surface area (Å²) in [6, 6.07) is 9.40. The Balaban J connectivity index is 1.88. The fraction of sp³-hybridized carbons (Fsp3) is 0.278. The molecule has 3 rings (SSSR count). The fourth-order valence-electron chi connectivity index (χ4n) is 2.61. The van der Waals surface area contributed by atoms with E-state index >= 15 is 0 Å². The van der Waals surface area contributed by atoms with Crippen LogP contribution in [-0.4, -0.2) is 45.5 Å². The van der Waals surface area contributed by atoms with E-state index in [4.69, 9.17) is 9.57 Å². The van der Waals surface area contributed by atoms with Gasteiger partial charge in [0.25, 0.3) is 5.78 Å². The molecule has 2 heterocycles. The minimum atomic E-state index is -0.560. The molecule has 0 aliphatic rings. The zero-order valence-corrected chi connectivity index (χ0v) is 16.3. The molecule has 0 saturated carbocycles. The molecule has 0 aliphatic carbocycles. The number of carbonyl (C=O) groups excluding carboxylic acids is 1. The summed E-state index contributed by atoms with van der Waals surface area (Å²) in [6.45, 7) is 3.89. The second-order valence-corrected chi connectivity index (χ2v) is 6.65. The number of ether oxygens (including phenoxy) is 1. The maximum absolute atomic E-state index is 12.0. The van der Waals surface area contributed by atoms with Crippen LogP contribution in [0.4, 0.5) is 0 Å². The Bertz CT molecular complexity index is 1020. The molecular weight excluding hydrogens is 366 g/mol. The highest BCUT2D eigenvalue weighted by atomic mass is 32.2. The predicted molar refractivity (Wildman–Crippen MR) is 102 cm³/mol. The third-order valence-corrected chi connectivity index (χ3v) is 4.68. The number of aryl methyl sites for hydroxylation is 2. The van der Waals surface area contributed by atoms with Crippen molar-refractivity contribution >= 4 is 29.2 Å². The van der Waals surface area contributed by atoms with E-state index in [-0.39, 0.29) is 5.71 Å². The molecule has 0 bridgehead atoms. The van der Waals surface area contributed by atoms with Crippen molar-refractivity contribution in [2.45, 2.75) is 24.8 Å². The van der Waals surface area contributed by atoms with Crippen molar-refractivity contribution in [2.75, 3.05) is 14.2 Å². The molecule has 0 aliphatic heterocycles. The number of nitrogens with zero attached hydrogens (tertiary/aromatic N) is 5. The summed E-state index contributed by atoms with van der Waals surface area (Å²) in [7, 11) is 2.70. The maximum Gasteiger partial charge on any atom is 0.360 e. The van der Waals surface area contributed by atoms with Crippen molar-refractivity contribution in [3.63, 3.8) is 0 Å². The van der Waals surface area contributed by atoms with Gasteiger partial charge in [-0.05, 0) is 25.5 Å². The van der Waals surface area contributed by atoms with E-state index in [1.807, 2.05) is 38.1 Å². The van der Waals surface area contributed by atoms with E-state index in [2.05, 4.69) is 20.2 Å². The van der Waals surface area contributed by atoms with Gasteiger partial charge in [-0.25, -0.2) is 14.3 Å². The molecule has 0 atom stereocenters. The van der Waals surface area contributed by atoms with Gasteiger partial charge in [0.1, 0.15) is 7.11 Å². The number of rotatable bonds is 6. The number of thioether (sulfide) groups is 1. The summed E-state index contributed by atoms with van der Waals surface area (Å²) in [6.07, 6.45) is 0. The lowest BCUT2D eigenvalue weighted by molar-refractivity contribution is -0.132. The average molecular weight is 385 g/mol. The van der Waals surface area contributed by atoms with Crippen molar-refractivity contribution in [2.24, 2.45) is 5.16 Å². The van der Waals surface area contributed by atoms with Crippen molar-refractivity contribution < 1.29 is 14.4 Å². The molecule has 0 saturated heterocycles. The van der Waals surface area contributed by atoms with Crippen LogP contribution in [-0.2, 0) is 20.1 Å².